The summed E-state index contributed by atoms with van der Waals surface area (Å²) >= 11 is 0. The van der Waals surface area contributed by atoms with Gasteiger partial charge in [0.25, 0.3) is 0 Å². The molecule has 1 aliphatic heterocycles. The van der Waals surface area contributed by atoms with E-state index >= 15 is 0 Å². The molecule has 0 saturated carbocycles. The van der Waals surface area contributed by atoms with Crippen LogP contribution in [-0.2, 0) is 0 Å². The Morgan fingerprint density at radius 3 is 2.38 bits per heavy atom. The second-order valence-corrected chi connectivity index (χ2v) is 6.84. The predicted molar refractivity (Wildman–Crippen MR) is 112 cm³/mol. The van der Waals surface area contributed by atoms with E-state index in [2.05, 4.69) is 13.8 Å². The highest BCUT2D eigenvalue weighted by molar-refractivity contribution is 6.02. The molecule has 0 aromatic heterocycles. The molecule has 0 unspecified atom stereocenters. The molecule has 0 radical (unpaired) electrons. The van der Waals surface area contributed by atoms with E-state index in [1.165, 1.54) is 0 Å². The minimum atomic E-state index is -0.905. The summed E-state index contributed by atoms with van der Waals surface area (Å²) in [5.74, 6) is -1.83. The lowest BCUT2D eigenvalue weighted by Gasteiger charge is -2.17. The SMILES string of the molecule is CC.CC(C)c1cccc(-c2c3cc(F)c(=O)cc-3oc3cc(O)c(F)cc23)c1. The topological polar surface area (TPSA) is 50.4 Å². The molecule has 0 atom stereocenters. The quantitative estimate of drug-likeness (QED) is 0.384. The summed E-state index contributed by atoms with van der Waals surface area (Å²) in [4.78, 5) is 11.7. The van der Waals surface area contributed by atoms with Crippen LogP contribution in [0.3, 0.4) is 0 Å². The number of phenolic OH excluding ortho intramolecular Hbond substituents is 1. The molecule has 3 nitrogen and oxygen atoms in total. The van der Waals surface area contributed by atoms with Crippen LogP contribution in [0.2, 0.25) is 0 Å². The lowest BCUT2D eigenvalue weighted by Crippen LogP contribution is -2.06. The zero-order chi connectivity index (χ0) is 21.3. The van der Waals surface area contributed by atoms with Crippen LogP contribution in [0.5, 0.6) is 5.75 Å². The molecule has 1 heterocycles. The van der Waals surface area contributed by atoms with Gasteiger partial charge in [-0.3, -0.25) is 4.79 Å². The fourth-order valence-electron chi connectivity index (χ4n) is 3.26. The smallest absolute Gasteiger partial charge is 0.217 e. The van der Waals surface area contributed by atoms with Gasteiger partial charge in [-0.15, -0.1) is 0 Å². The van der Waals surface area contributed by atoms with E-state index in [0.717, 1.165) is 35.4 Å². The number of hydrogen-bond donors (Lipinski definition) is 1. The highest BCUT2D eigenvalue weighted by atomic mass is 19.1. The molecule has 4 rings (SSSR count). The van der Waals surface area contributed by atoms with Crippen molar-refractivity contribution in [1.82, 2.24) is 0 Å². The Kier molecular flexibility index (Phi) is 5.69. The van der Waals surface area contributed by atoms with Crippen LogP contribution in [0.4, 0.5) is 8.78 Å². The lowest BCUT2D eigenvalue weighted by atomic mass is 9.91. The molecule has 2 aromatic rings. The van der Waals surface area contributed by atoms with Gasteiger partial charge >= 0.3 is 0 Å². The van der Waals surface area contributed by atoms with Crippen LogP contribution in [0.25, 0.3) is 33.4 Å². The van der Waals surface area contributed by atoms with E-state index in [4.69, 9.17) is 4.42 Å². The normalized spacial score (nSPS) is 11.0. The van der Waals surface area contributed by atoms with Crippen LogP contribution in [0.15, 0.2) is 57.7 Å². The molecule has 2 aromatic carbocycles. The van der Waals surface area contributed by atoms with Gasteiger partial charge in [0.15, 0.2) is 17.4 Å². The Hall–Kier alpha value is -3.21. The van der Waals surface area contributed by atoms with Gasteiger partial charge in [0, 0.05) is 28.6 Å². The van der Waals surface area contributed by atoms with Gasteiger partial charge in [-0.1, -0.05) is 52.0 Å². The van der Waals surface area contributed by atoms with E-state index < -0.39 is 22.8 Å². The first kappa shape index (κ1) is 20.5. The maximum Gasteiger partial charge on any atom is 0.217 e. The van der Waals surface area contributed by atoms with Crippen molar-refractivity contribution in [1.29, 1.82) is 0 Å². The zero-order valence-corrected chi connectivity index (χ0v) is 16.7. The third-order valence-electron chi connectivity index (χ3n) is 4.68. The minimum Gasteiger partial charge on any atom is -0.505 e. The maximum absolute atomic E-state index is 14.1. The van der Waals surface area contributed by atoms with E-state index in [9.17, 15) is 18.7 Å². The van der Waals surface area contributed by atoms with E-state index in [1.54, 1.807) is 0 Å². The third kappa shape index (κ3) is 3.73. The number of hydrogen-bond acceptors (Lipinski definition) is 3. The van der Waals surface area contributed by atoms with Gasteiger partial charge in [-0.2, -0.15) is 0 Å². The number of aromatic hydroxyl groups is 1. The fourth-order valence-corrected chi connectivity index (χ4v) is 3.26. The number of phenols is 1. The first-order chi connectivity index (χ1) is 13.8. The minimum absolute atomic E-state index is 0.171. The zero-order valence-electron chi connectivity index (χ0n) is 16.7. The Labute approximate surface area is 167 Å². The van der Waals surface area contributed by atoms with Crippen LogP contribution in [0.1, 0.15) is 39.2 Å². The molecule has 2 aliphatic rings. The lowest BCUT2D eigenvalue weighted by molar-refractivity contribution is 0.432. The summed E-state index contributed by atoms with van der Waals surface area (Å²) in [5.41, 5.74) is 2.14. The number of halogens is 2. The maximum atomic E-state index is 14.1. The molecule has 0 spiro atoms. The standard InChI is InChI=1S/C22H16F2O3.C2H6/c1-11(2)12-4-3-5-13(6-12)22-14-7-16(23)18(25)9-20(14)27-21-10-19(26)17(24)8-15(21)22;1-2/h3-11,25H,1-2H3;1-2H3. The second kappa shape index (κ2) is 8.03. The Morgan fingerprint density at radius 2 is 1.69 bits per heavy atom. The first-order valence-corrected chi connectivity index (χ1v) is 9.54. The van der Waals surface area contributed by atoms with Gasteiger partial charge in [-0.25, -0.2) is 8.78 Å². The molecule has 5 heteroatoms. The van der Waals surface area contributed by atoms with E-state index in [0.29, 0.717) is 16.5 Å². The Balaban J connectivity index is 0.00000117. The molecule has 29 heavy (non-hydrogen) atoms. The van der Waals surface area contributed by atoms with Crippen molar-refractivity contribution in [2.45, 2.75) is 33.6 Å². The molecule has 0 bridgehead atoms. The van der Waals surface area contributed by atoms with Gasteiger partial charge < -0.3 is 9.52 Å². The van der Waals surface area contributed by atoms with Gasteiger partial charge in [0.1, 0.15) is 11.3 Å². The first-order valence-electron chi connectivity index (χ1n) is 9.54. The summed E-state index contributed by atoms with van der Waals surface area (Å²) in [5, 5.41) is 10.1. The van der Waals surface area contributed by atoms with Crippen LogP contribution in [0, 0.1) is 11.6 Å². The second-order valence-electron chi connectivity index (χ2n) is 6.84. The largest absolute Gasteiger partial charge is 0.505 e. The monoisotopic (exact) mass is 396 g/mol. The summed E-state index contributed by atoms with van der Waals surface area (Å²) < 4.78 is 33.8. The number of benzene rings is 3. The van der Waals surface area contributed by atoms with Crippen LogP contribution >= 0.6 is 0 Å². The molecule has 0 saturated heterocycles. The predicted octanol–water partition coefficient (Wildman–Crippen LogP) is 6.70. The molecule has 1 N–H and O–H groups in total. The fraction of sp³-hybridized carbons (Fsp3) is 0.208. The highest BCUT2D eigenvalue weighted by Gasteiger charge is 2.21. The van der Waals surface area contributed by atoms with Crippen LogP contribution in [-0.4, -0.2) is 5.11 Å². The Morgan fingerprint density at radius 1 is 0.966 bits per heavy atom. The van der Waals surface area contributed by atoms with Gasteiger partial charge in [0.2, 0.25) is 5.43 Å². The molecule has 0 fully saturated rings. The summed E-state index contributed by atoms with van der Waals surface area (Å²) in [6, 6.07) is 12.2. The third-order valence-corrected chi connectivity index (χ3v) is 4.68. The van der Waals surface area contributed by atoms with Gasteiger partial charge in [-0.05, 0) is 29.2 Å². The van der Waals surface area contributed by atoms with Crippen molar-refractivity contribution in [2.24, 2.45) is 0 Å². The van der Waals surface area contributed by atoms with E-state index in [-0.39, 0.29) is 17.3 Å². The van der Waals surface area contributed by atoms with Gasteiger partial charge in [0.05, 0.1) is 0 Å². The van der Waals surface area contributed by atoms with Crippen molar-refractivity contribution >= 4 is 11.0 Å². The molecular formula is C24H22F2O3. The number of fused-ring (bicyclic) bond motifs is 2. The summed E-state index contributed by atoms with van der Waals surface area (Å²) in [7, 11) is 0. The van der Waals surface area contributed by atoms with E-state index in [1.807, 2.05) is 38.1 Å². The Bertz CT molecular complexity index is 1210. The molecular weight excluding hydrogens is 374 g/mol. The van der Waals surface area contributed by atoms with Crippen molar-refractivity contribution in [3.63, 3.8) is 0 Å². The average molecular weight is 396 g/mol. The van der Waals surface area contributed by atoms with Crippen LogP contribution < -0.4 is 5.43 Å². The summed E-state index contributed by atoms with van der Waals surface area (Å²) in [6.07, 6.45) is 0. The molecule has 0 amide bonds. The summed E-state index contributed by atoms with van der Waals surface area (Å²) in [6.45, 7) is 8.10. The van der Waals surface area contributed by atoms with Crippen molar-refractivity contribution in [3.05, 3.63) is 76.0 Å². The molecule has 1 aliphatic carbocycles. The number of rotatable bonds is 2. The highest BCUT2D eigenvalue weighted by Crippen LogP contribution is 2.42. The van der Waals surface area contributed by atoms with Crippen molar-refractivity contribution < 1.29 is 18.3 Å². The van der Waals surface area contributed by atoms with Crippen molar-refractivity contribution in [2.75, 3.05) is 0 Å². The molecule has 150 valence electrons. The van der Waals surface area contributed by atoms with Crippen molar-refractivity contribution in [3.8, 4) is 28.2 Å². The average Bonchev–Trinajstić information content (AvgIpc) is 2.70.